The molecular formula is C19H29Cl3N6O. The van der Waals surface area contributed by atoms with Gasteiger partial charge in [0.15, 0.2) is 11.6 Å². The SMILES string of the molecule is Cl.Cl.Nc1nc(NCC2CCCCC2)c2c(n1)NCC(c1ccc(Cl)cc1)N2.O. The monoisotopic (exact) mass is 462 g/mol. The average molecular weight is 464 g/mol. The molecular weight excluding hydrogens is 435 g/mol. The molecule has 1 fully saturated rings. The summed E-state index contributed by atoms with van der Waals surface area (Å²) in [5.74, 6) is 2.53. The van der Waals surface area contributed by atoms with Gasteiger partial charge in [-0.05, 0) is 36.5 Å². The number of nitrogen functional groups attached to an aromatic ring is 1. The van der Waals surface area contributed by atoms with Crippen molar-refractivity contribution in [2.24, 2.45) is 5.92 Å². The summed E-state index contributed by atoms with van der Waals surface area (Å²) in [4.78, 5) is 8.79. The van der Waals surface area contributed by atoms with Crippen LogP contribution in [-0.2, 0) is 0 Å². The van der Waals surface area contributed by atoms with E-state index in [0.717, 1.165) is 35.4 Å². The van der Waals surface area contributed by atoms with Crippen LogP contribution < -0.4 is 21.7 Å². The second-order valence-electron chi connectivity index (χ2n) is 7.17. The van der Waals surface area contributed by atoms with Crippen molar-refractivity contribution in [3.8, 4) is 0 Å². The maximum Gasteiger partial charge on any atom is 0.224 e. The van der Waals surface area contributed by atoms with Gasteiger partial charge in [0.2, 0.25) is 5.95 Å². The predicted octanol–water partition coefficient (Wildman–Crippen LogP) is 4.30. The number of hydrogen-bond donors (Lipinski definition) is 4. The number of aromatic nitrogens is 2. The van der Waals surface area contributed by atoms with Gasteiger partial charge in [-0.25, -0.2) is 0 Å². The van der Waals surface area contributed by atoms with Crippen LogP contribution in [-0.4, -0.2) is 28.5 Å². The number of nitrogens with zero attached hydrogens (tertiary/aromatic N) is 2. The molecule has 1 atom stereocenters. The molecule has 7 nitrogen and oxygen atoms in total. The van der Waals surface area contributed by atoms with Gasteiger partial charge < -0.3 is 27.2 Å². The van der Waals surface area contributed by atoms with Crippen molar-refractivity contribution in [3.63, 3.8) is 0 Å². The summed E-state index contributed by atoms with van der Waals surface area (Å²) < 4.78 is 0. The Kier molecular flexibility index (Phi) is 10.1. The Hall–Kier alpha value is -1.67. The van der Waals surface area contributed by atoms with Crippen molar-refractivity contribution in [1.29, 1.82) is 0 Å². The summed E-state index contributed by atoms with van der Waals surface area (Å²) in [5, 5.41) is 11.2. The van der Waals surface area contributed by atoms with Crippen molar-refractivity contribution >= 4 is 59.7 Å². The lowest BCUT2D eigenvalue weighted by molar-refractivity contribution is 0.373. The number of halogens is 3. The Morgan fingerprint density at radius 2 is 1.76 bits per heavy atom. The number of nitrogens with two attached hydrogens (primary N) is 1. The van der Waals surface area contributed by atoms with E-state index in [1.165, 1.54) is 37.7 Å². The third-order valence-corrected chi connectivity index (χ3v) is 5.53. The molecule has 0 amide bonds. The van der Waals surface area contributed by atoms with E-state index in [1.54, 1.807) is 0 Å². The fraction of sp³-hybridized carbons (Fsp3) is 0.474. The molecule has 0 radical (unpaired) electrons. The van der Waals surface area contributed by atoms with E-state index in [2.05, 4.69) is 25.9 Å². The summed E-state index contributed by atoms with van der Waals surface area (Å²) in [6, 6.07) is 8.04. The van der Waals surface area contributed by atoms with Gasteiger partial charge in [-0.2, -0.15) is 9.97 Å². The molecule has 29 heavy (non-hydrogen) atoms. The van der Waals surface area contributed by atoms with Gasteiger partial charge in [0.1, 0.15) is 5.69 Å². The van der Waals surface area contributed by atoms with E-state index in [-0.39, 0.29) is 42.3 Å². The summed E-state index contributed by atoms with van der Waals surface area (Å²) in [7, 11) is 0. The zero-order valence-electron chi connectivity index (χ0n) is 16.1. The van der Waals surface area contributed by atoms with E-state index in [9.17, 15) is 0 Å². The molecule has 1 unspecified atom stereocenters. The average Bonchev–Trinajstić information content (AvgIpc) is 2.67. The van der Waals surface area contributed by atoms with Crippen LogP contribution >= 0.6 is 36.4 Å². The first-order valence-electron chi connectivity index (χ1n) is 9.36. The fourth-order valence-corrected chi connectivity index (χ4v) is 3.95. The second kappa shape index (κ2) is 11.5. The Labute approximate surface area is 188 Å². The minimum Gasteiger partial charge on any atom is -0.412 e. The second-order valence-corrected chi connectivity index (χ2v) is 7.60. The highest BCUT2D eigenvalue weighted by Gasteiger charge is 2.24. The van der Waals surface area contributed by atoms with Crippen LogP contribution in [0.25, 0.3) is 0 Å². The van der Waals surface area contributed by atoms with E-state index in [4.69, 9.17) is 17.3 Å². The van der Waals surface area contributed by atoms with E-state index in [0.29, 0.717) is 5.92 Å². The Bertz CT molecular complexity index is 771. The molecule has 4 rings (SSSR count). The molecule has 1 saturated carbocycles. The van der Waals surface area contributed by atoms with Crippen LogP contribution in [0.4, 0.5) is 23.3 Å². The molecule has 2 aliphatic rings. The van der Waals surface area contributed by atoms with E-state index < -0.39 is 0 Å². The minimum absolute atomic E-state index is 0. The molecule has 1 aliphatic heterocycles. The molecule has 2 aromatic rings. The van der Waals surface area contributed by atoms with Crippen LogP contribution in [0.5, 0.6) is 0 Å². The Morgan fingerprint density at radius 3 is 2.45 bits per heavy atom. The zero-order chi connectivity index (χ0) is 17.9. The zero-order valence-corrected chi connectivity index (χ0v) is 18.5. The third kappa shape index (κ3) is 6.15. The maximum atomic E-state index is 6.01. The number of rotatable bonds is 4. The highest BCUT2D eigenvalue weighted by atomic mass is 35.5. The van der Waals surface area contributed by atoms with Crippen LogP contribution in [0.2, 0.25) is 5.02 Å². The normalized spacial score (nSPS) is 17.9. The number of benzene rings is 1. The molecule has 1 aromatic heterocycles. The van der Waals surface area contributed by atoms with Crippen molar-refractivity contribution < 1.29 is 5.48 Å². The smallest absolute Gasteiger partial charge is 0.224 e. The first-order chi connectivity index (χ1) is 12.7. The highest BCUT2D eigenvalue weighted by molar-refractivity contribution is 6.30. The summed E-state index contributed by atoms with van der Waals surface area (Å²) in [6.07, 6.45) is 6.59. The lowest BCUT2D eigenvalue weighted by atomic mass is 9.89. The van der Waals surface area contributed by atoms with Gasteiger partial charge in [0.25, 0.3) is 0 Å². The Morgan fingerprint density at radius 1 is 1.07 bits per heavy atom. The maximum absolute atomic E-state index is 6.01. The number of nitrogens with one attached hydrogen (secondary N) is 3. The quantitative estimate of drug-likeness (QED) is 0.536. The number of fused-ring (bicyclic) bond motifs is 1. The number of hydrogen-bond acceptors (Lipinski definition) is 6. The molecule has 162 valence electrons. The summed E-state index contributed by atoms with van der Waals surface area (Å²) >= 11 is 6.01. The molecule has 0 saturated heterocycles. The largest absolute Gasteiger partial charge is 0.412 e. The van der Waals surface area contributed by atoms with Gasteiger partial charge in [0, 0.05) is 18.1 Å². The van der Waals surface area contributed by atoms with E-state index >= 15 is 0 Å². The number of anilines is 4. The minimum atomic E-state index is 0. The molecule has 1 aliphatic carbocycles. The van der Waals surface area contributed by atoms with Crippen molar-refractivity contribution in [2.45, 2.75) is 38.1 Å². The van der Waals surface area contributed by atoms with Crippen LogP contribution in [0.15, 0.2) is 24.3 Å². The lowest BCUT2D eigenvalue weighted by Crippen LogP contribution is -2.28. The van der Waals surface area contributed by atoms with E-state index in [1.807, 2.05) is 24.3 Å². The molecule has 2 heterocycles. The first kappa shape index (κ1) is 25.4. The summed E-state index contributed by atoms with van der Waals surface area (Å²) in [5.41, 5.74) is 7.97. The molecule has 0 spiro atoms. The Balaban J connectivity index is 0.00000140. The third-order valence-electron chi connectivity index (χ3n) is 5.27. The molecule has 10 heteroatoms. The topological polar surface area (TPSA) is 119 Å². The van der Waals surface area contributed by atoms with Gasteiger partial charge in [0.05, 0.1) is 6.04 Å². The first-order valence-corrected chi connectivity index (χ1v) is 9.74. The van der Waals surface area contributed by atoms with Crippen LogP contribution in [0.3, 0.4) is 0 Å². The molecule has 1 aromatic carbocycles. The lowest BCUT2D eigenvalue weighted by Gasteiger charge is -2.30. The predicted molar refractivity (Wildman–Crippen MR) is 126 cm³/mol. The molecule has 0 bridgehead atoms. The standard InChI is InChI=1S/C19H25ClN6.2ClH.H2O/c20-14-8-6-13(7-9-14)15-11-23-18-16(24-15)17(25-19(21)26-18)22-10-12-4-2-1-3-5-12;;;/h6-9,12,15,24H,1-5,10-11H2,(H4,21,22,23,25,26);2*1H;1H2. The van der Waals surface area contributed by atoms with Gasteiger partial charge in [-0.1, -0.05) is 43.0 Å². The van der Waals surface area contributed by atoms with Crippen molar-refractivity contribution in [1.82, 2.24) is 9.97 Å². The van der Waals surface area contributed by atoms with Gasteiger partial charge >= 0.3 is 0 Å². The van der Waals surface area contributed by atoms with Gasteiger partial charge in [-0.15, -0.1) is 24.8 Å². The summed E-state index contributed by atoms with van der Waals surface area (Å²) in [6.45, 7) is 1.66. The van der Waals surface area contributed by atoms with Crippen LogP contribution in [0.1, 0.15) is 43.7 Å². The highest BCUT2D eigenvalue weighted by Crippen LogP contribution is 2.36. The van der Waals surface area contributed by atoms with Crippen molar-refractivity contribution in [3.05, 3.63) is 34.9 Å². The van der Waals surface area contributed by atoms with Gasteiger partial charge in [-0.3, -0.25) is 0 Å². The molecule has 7 N–H and O–H groups in total. The van der Waals surface area contributed by atoms with Crippen molar-refractivity contribution in [2.75, 3.05) is 34.8 Å². The van der Waals surface area contributed by atoms with Crippen LogP contribution in [0, 0.1) is 5.92 Å². The fourth-order valence-electron chi connectivity index (χ4n) is 3.82.